The number of fused-ring (bicyclic) bond motifs is 1. The number of nitrogens with one attached hydrogen (secondary N) is 1. The van der Waals surface area contributed by atoms with E-state index >= 15 is 0 Å². The molecule has 4 heterocycles. The van der Waals surface area contributed by atoms with E-state index in [9.17, 15) is 0 Å². The van der Waals surface area contributed by atoms with Gasteiger partial charge in [0, 0.05) is 35.4 Å². The van der Waals surface area contributed by atoms with Crippen molar-refractivity contribution >= 4 is 28.7 Å². The minimum atomic E-state index is 0.00559. The van der Waals surface area contributed by atoms with Crippen molar-refractivity contribution in [3.05, 3.63) is 70.2 Å². The van der Waals surface area contributed by atoms with Crippen LogP contribution in [0.2, 0.25) is 0 Å². The average molecular weight is 350 g/mol. The molecule has 0 radical (unpaired) electrons. The second-order valence-corrected chi connectivity index (χ2v) is 6.67. The first-order valence-electron chi connectivity index (χ1n) is 7.99. The summed E-state index contributed by atoms with van der Waals surface area (Å²) >= 11 is 1.71. The van der Waals surface area contributed by atoms with Gasteiger partial charge in [-0.15, -0.1) is 11.3 Å². The number of thiophene rings is 1. The SMILES string of the molecule is CNN1CC(c2cccs2)N=C(c2ccnc(N)c2)c2cccnc21. The van der Waals surface area contributed by atoms with Crippen molar-refractivity contribution in [3.63, 3.8) is 0 Å². The van der Waals surface area contributed by atoms with E-state index in [4.69, 9.17) is 10.7 Å². The van der Waals surface area contributed by atoms with Crippen LogP contribution < -0.4 is 16.2 Å². The molecule has 0 amide bonds. The fourth-order valence-corrected chi connectivity index (χ4v) is 3.74. The van der Waals surface area contributed by atoms with Crippen molar-refractivity contribution in [2.24, 2.45) is 4.99 Å². The van der Waals surface area contributed by atoms with Gasteiger partial charge >= 0.3 is 0 Å². The molecular weight excluding hydrogens is 332 g/mol. The van der Waals surface area contributed by atoms with Crippen LogP contribution in [-0.2, 0) is 0 Å². The lowest BCUT2D eigenvalue weighted by Gasteiger charge is -2.24. The van der Waals surface area contributed by atoms with Crippen LogP contribution in [0.5, 0.6) is 0 Å². The molecule has 3 aromatic rings. The third kappa shape index (κ3) is 2.99. The highest BCUT2D eigenvalue weighted by Crippen LogP contribution is 2.32. The number of hydrazine groups is 1. The second kappa shape index (κ2) is 6.62. The van der Waals surface area contributed by atoms with Crippen LogP contribution >= 0.6 is 11.3 Å². The monoisotopic (exact) mass is 350 g/mol. The zero-order valence-corrected chi connectivity index (χ0v) is 14.6. The molecule has 4 rings (SSSR count). The number of anilines is 2. The summed E-state index contributed by atoms with van der Waals surface area (Å²) in [5.74, 6) is 1.34. The molecule has 0 aromatic carbocycles. The van der Waals surface area contributed by atoms with Crippen LogP contribution in [0.25, 0.3) is 0 Å². The van der Waals surface area contributed by atoms with Crippen LogP contribution in [0.4, 0.5) is 11.6 Å². The Kier molecular flexibility index (Phi) is 4.17. The van der Waals surface area contributed by atoms with E-state index in [1.165, 1.54) is 4.88 Å². The van der Waals surface area contributed by atoms with Crippen molar-refractivity contribution in [2.45, 2.75) is 6.04 Å². The summed E-state index contributed by atoms with van der Waals surface area (Å²) < 4.78 is 0. The van der Waals surface area contributed by atoms with Gasteiger partial charge in [-0.3, -0.25) is 10.0 Å². The van der Waals surface area contributed by atoms with Gasteiger partial charge in [-0.1, -0.05) is 6.07 Å². The number of hydrogen-bond donors (Lipinski definition) is 2. The Morgan fingerprint density at radius 3 is 2.88 bits per heavy atom. The summed E-state index contributed by atoms with van der Waals surface area (Å²) in [5.41, 5.74) is 11.9. The molecule has 1 aliphatic rings. The summed E-state index contributed by atoms with van der Waals surface area (Å²) in [4.78, 5) is 15.0. The van der Waals surface area contributed by atoms with Gasteiger partial charge in [-0.05, 0) is 35.7 Å². The highest BCUT2D eigenvalue weighted by Gasteiger charge is 2.26. The highest BCUT2D eigenvalue weighted by atomic mass is 32.1. The number of nitrogens with two attached hydrogens (primary N) is 1. The van der Waals surface area contributed by atoms with E-state index in [1.54, 1.807) is 23.7 Å². The maximum absolute atomic E-state index is 5.90. The zero-order valence-electron chi connectivity index (χ0n) is 13.8. The Balaban J connectivity index is 1.92. The average Bonchev–Trinajstić information content (AvgIpc) is 3.11. The Bertz CT molecular complexity index is 905. The highest BCUT2D eigenvalue weighted by molar-refractivity contribution is 7.10. The molecule has 0 bridgehead atoms. The van der Waals surface area contributed by atoms with Gasteiger partial charge < -0.3 is 5.73 Å². The molecule has 6 nitrogen and oxygen atoms in total. The minimum absolute atomic E-state index is 0.00559. The minimum Gasteiger partial charge on any atom is -0.384 e. The van der Waals surface area contributed by atoms with E-state index in [0.717, 1.165) is 22.7 Å². The van der Waals surface area contributed by atoms with Crippen LogP contribution in [0.1, 0.15) is 22.0 Å². The van der Waals surface area contributed by atoms with Crippen molar-refractivity contribution < 1.29 is 0 Å². The molecule has 0 saturated carbocycles. The topological polar surface area (TPSA) is 79.4 Å². The Hall–Kier alpha value is -2.77. The third-order valence-corrected chi connectivity index (χ3v) is 5.11. The molecule has 1 aliphatic heterocycles. The lowest BCUT2D eigenvalue weighted by molar-refractivity contribution is 0.624. The van der Waals surface area contributed by atoms with Crippen molar-refractivity contribution in [2.75, 3.05) is 24.3 Å². The van der Waals surface area contributed by atoms with Crippen molar-refractivity contribution in [1.29, 1.82) is 0 Å². The predicted molar refractivity (Wildman–Crippen MR) is 102 cm³/mol. The Labute approximate surface area is 150 Å². The smallest absolute Gasteiger partial charge is 0.152 e. The standard InChI is InChI=1S/C18H18N6S/c1-20-24-11-14(15-5-3-9-25-15)23-17(12-6-8-21-16(19)10-12)13-4-2-7-22-18(13)24/h2-10,14,20H,11H2,1H3,(H2,19,21). The number of aromatic nitrogens is 2. The summed E-state index contributed by atoms with van der Waals surface area (Å²) in [7, 11) is 1.90. The molecule has 3 N–H and O–H groups in total. The van der Waals surface area contributed by atoms with Gasteiger partial charge in [-0.2, -0.15) is 0 Å². The maximum atomic E-state index is 5.90. The van der Waals surface area contributed by atoms with E-state index in [1.807, 2.05) is 36.3 Å². The van der Waals surface area contributed by atoms with E-state index in [2.05, 4.69) is 32.9 Å². The normalized spacial score (nSPS) is 16.9. The van der Waals surface area contributed by atoms with Crippen LogP contribution in [-0.4, -0.2) is 29.3 Å². The van der Waals surface area contributed by atoms with E-state index in [0.29, 0.717) is 12.4 Å². The van der Waals surface area contributed by atoms with Crippen molar-refractivity contribution in [1.82, 2.24) is 15.4 Å². The largest absolute Gasteiger partial charge is 0.384 e. The number of nitrogen functional groups attached to an aromatic ring is 1. The van der Waals surface area contributed by atoms with E-state index in [-0.39, 0.29) is 6.04 Å². The molecule has 0 saturated heterocycles. The number of rotatable bonds is 3. The number of hydrogen-bond acceptors (Lipinski definition) is 7. The third-order valence-electron chi connectivity index (χ3n) is 4.13. The first-order valence-corrected chi connectivity index (χ1v) is 8.87. The number of pyridine rings is 2. The fraction of sp³-hybridized carbons (Fsp3) is 0.167. The molecule has 3 aromatic heterocycles. The first kappa shape index (κ1) is 15.7. The van der Waals surface area contributed by atoms with Crippen LogP contribution in [0, 0.1) is 0 Å². The quantitative estimate of drug-likeness (QED) is 0.759. The number of nitrogens with zero attached hydrogens (tertiary/aromatic N) is 4. The first-order chi connectivity index (χ1) is 12.3. The molecule has 0 fully saturated rings. The van der Waals surface area contributed by atoms with Gasteiger partial charge in [0.05, 0.1) is 12.3 Å². The predicted octanol–water partition coefficient (Wildman–Crippen LogP) is 2.65. The van der Waals surface area contributed by atoms with Gasteiger partial charge in [0.25, 0.3) is 0 Å². The lowest BCUT2D eigenvalue weighted by Crippen LogP contribution is -2.38. The second-order valence-electron chi connectivity index (χ2n) is 5.69. The molecule has 1 unspecified atom stereocenters. The fourth-order valence-electron chi connectivity index (χ4n) is 2.98. The lowest BCUT2D eigenvalue weighted by atomic mass is 10.0. The van der Waals surface area contributed by atoms with Gasteiger partial charge in [0.1, 0.15) is 11.9 Å². The molecule has 0 spiro atoms. The Morgan fingerprint density at radius 2 is 2.12 bits per heavy atom. The van der Waals surface area contributed by atoms with Crippen LogP contribution in [0.15, 0.2) is 59.2 Å². The zero-order chi connectivity index (χ0) is 17.2. The molecule has 7 heteroatoms. The molecule has 0 aliphatic carbocycles. The molecular formula is C18H18N6S. The molecule has 25 heavy (non-hydrogen) atoms. The van der Waals surface area contributed by atoms with Crippen LogP contribution in [0.3, 0.4) is 0 Å². The van der Waals surface area contributed by atoms with Crippen molar-refractivity contribution in [3.8, 4) is 0 Å². The summed E-state index contributed by atoms with van der Waals surface area (Å²) in [6.45, 7) is 0.699. The number of aliphatic imine (C=N–C) groups is 1. The molecule has 1 atom stereocenters. The van der Waals surface area contributed by atoms with Gasteiger partial charge in [0.15, 0.2) is 5.82 Å². The molecule has 126 valence electrons. The summed E-state index contributed by atoms with van der Waals surface area (Å²) in [6, 6.07) is 11.9. The summed E-state index contributed by atoms with van der Waals surface area (Å²) in [6.07, 6.45) is 3.51. The summed E-state index contributed by atoms with van der Waals surface area (Å²) in [5, 5.41) is 4.12. The maximum Gasteiger partial charge on any atom is 0.152 e. The van der Waals surface area contributed by atoms with E-state index < -0.39 is 0 Å². The Morgan fingerprint density at radius 1 is 1.20 bits per heavy atom. The van der Waals surface area contributed by atoms with Gasteiger partial charge in [-0.25, -0.2) is 15.4 Å². The van der Waals surface area contributed by atoms with Gasteiger partial charge in [0.2, 0.25) is 0 Å².